The van der Waals surface area contributed by atoms with Crippen LogP contribution >= 0.6 is 11.3 Å². The van der Waals surface area contributed by atoms with Crippen LogP contribution in [0, 0.1) is 0 Å². The van der Waals surface area contributed by atoms with Gasteiger partial charge in [0.25, 0.3) is 0 Å². The summed E-state index contributed by atoms with van der Waals surface area (Å²) in [6.45, 7) is 5.34. The second-order valence-electron chi connectivity index (χ2n) is 4.08. The number of hydrogen-bond acceptors (Lipinski definition) is 3. The number of thiazole rings is 1. The second kappa shape index (κ2) is 5.94. The van der Waals surface area contributed by atoms with E-state index in [0.717, 1.165) is 13.0 Å². The van der Waals surface area contributed by atoms with Crippen LogP contribution in [0.5, 0.6) is 0 Å². The van der Waals surface area contributed by atoms with E-state index in [1.807, 2.05) is 11.6 Å². The van der Waals surface area contributed by atoms with E-state index in [4.69, 9.17) is 0 Å². The molecule has 0 amide bonds. The Morgan fingerprint density at radius 1 is 1.35 bits per heavy atom. The van der Waals surface area contributed by atoms with Crippen molar-refractivity contribution in [3.8, 4) is 0 Å². The molecular weight excluding hydrogens is 228 g/mol. The van der Waals surface area contributed by atoms with E-state index in [0.29, 0.717) is 6.04 Å². The third-order valence-corrected chi connectivity index (χ3v) is 3.64. The summed E-state index contributed by atoms with van der Waals surface area (Å²) in [5.74, 6) is 0. The molecule has 0 saturated carbocycles. The third-order valence-electron chi connectivity index (χ3n) is 2.86. The van der Waals surface area contributed by atoms with Crippen LogP contribution < -0.4 is 5.32 Å². The van der Waals surface area contributed by atoms with Gasteiger partial charge < -0.3 is 5.32 Å². The predicted molar refractivity (Wildman–Crippen MR) is 73.5 cm³/mol. The summed E-state index contributed by atoms with van der Waals surface area (Å²) in [5, 5.41) is 6.68. The van der Waals surface area contributed by atoms with Gasteiger partial charge in [0.2, 0.25) is 0 Å². The quantitative estimate of drug-likeness (QED) is 0.874. The van der Waals surface area contributed by atoms with Gasteiger partial charge in [-0.05, 0) is 24.6 Å². The molecule has 0 aliphatic carbocycles. The summed E-state index contributed by atoms with van der Waals surface area (Å²) in [7, 11) is 0. The molecule has 17 heavy (non-hydrogen) atoms. The zero-order valence-electron chi connectivity index (χ0n) is 10.3. The highest BCUT2D eigenvalue weighted by Gasteiger charge is 2.10. The van der Waals surface area contributed by atoms with Gasteiger partial charge in [-0.15, -0.1) is 11.3 Å². The molecule has 1 N–H and O–H groups in total. The van der Waals surface area contributed by atoms with Gasteiger partial charge in [0.1, 0.15) is 0 Å². The van der Waals surface area contributed by atoms with E-state index in [2.05, 4.69) is 48.4 Å². The molecular formula is C14H18N2S. The van der Waals surface area contributed by atoms with E-state index >= 15 is 0 Å². The number of hydrogen-bond donors (Lipinski definition) is 1. The number of aromatic nitrogens is 1. The van der Waals surface area contributed by atoms with Crippen LogP contribution in [0.4, 0.5) is 0 Å². The second-order valence-corrected chi connectivity index (χ2v) is 5.06. The molecule has 1 aromatic carbocycles. The molecule has 90 valence electrons. The summed E-state index contributed by atoms with van der Waals surface area (Å²) < 4.78 is 0. The fourth-order valence-corrected chi connectivity index (χ4v) is 2.68. The zero-order valence-corrected chi connectivity index (χ0v) is 11.1. The monoisotopic (exact) mass is 246 g/mol. The lowest BCUT2D eigenvalue weighted by molar-refractivity contribution is 0.594. The van der Waals surface area contributed by atoms with Gasteiger partial charge in [-0.25, -0.2) is 4.98 Å². The normalized spacial score (nSPS) is 12.6. The minimum absolute atomic E-state index is 0.399. The first-order valence-corrected chi connectivity index (χ1v) is 6.88. The van der Waals surface area contributed by atoms with Crippen LogP contribution in [0.2, 0.25) is 0 Å². The molecule has 2 nitrogen and oxygen atoms in total. The first-order chi connectivity index (χ1) is 8.31. The van der Waals surface area contributed by atoms with Crippen molar-refractivity contribution < 1.29 is 0 Å². The maximum absolute atomic E-state index is 4.36. The fourth-order valence-electron chi connectivity index (χ4n) is 2.04. The molecule has 0 bridgehead atoms. The molecule has 1 aromatic heterocycles. The number of rotatable bonds is 5. The van der Waals surface area contributed by atoms with Gasteiger partial charge in [-0.1, -0.05) is 31.2 Å². The minimum atomic E-state index is 0.399. The van der Waals surface area contributed by atoms with E-state index in [1.165, 1.54) is 16.1 Å². The lowest BCUT2D eigenvalue weighted by Gasteiger charge is -2.16. The van der Waals surface area contributed by atoms with Crippen molar-refractivity contribution in [2.45, 2.75) is 26.3 Å². The lowest BCUT2D eigenvalue weighted by Crippen LogP contribution is -2.19. The van der Waals surface area contributed by atoms with Crippen molar-refractivity contribution in [2.24, 2.45) is 0 Å². The zero-order chi connectivity index (χ0) is 12.1. The van der Waals surface area contributed by atoms with Crippen molar-refractivity contribution in [1.29, 1.82) is 0 Å². The van der Waals surface area contributed by atoms with E-state index < -0.39 is 0 Å². The van der Waals surface area contributed by atoms with Gasteiger partial charge in [0.15, 0.2) is 0 Å². The van der Waals surface area contributed by atoms with Crippen molar-refractivity contribution in [3.63, 3.8) is 0 Å². The van der Waals surface area contributed by atoms with Gasteiger partial charge in [0, 0.05) is 24.0 Å². The SMILES string of the molecule is CCNC(C)c1ccccc1Cc1nccs1. The molecule has 2 aromatic rings. The first-order valence-electron chi connectivity index (χ1n) is 6.00. The molecule has 3 heteroatoms. The third kappa shape index (κ3) is 3.14. The predicted octanol–water partition coefficient (Wildman–Crippen LogP) is 3.40. The Balaban J connectivity index is 2.21. The largest absolute Gasteiger partial charge is 0.310 e. The topological polar surface area (TPSA) is 24.9 Å². The molecule has 0 saturated heterocycles. The standard InChI is InChI=1S/C14H18N2S/c1-3-15-11(2)13-7-5-4-6-12(13)10-14-16-8-9-17-14/h4-9,11,15H,3,10H2,1-2H3. The summed E-state index contributed by atoms with van der Waals surface area (Å²) in [6.07, 6.45) is 2.81. The molecule has 0 radical (unpaired) electrons. The molecule has 0 fully saturated rings. The van der Waals surface area contributed by atoms with Gasteiger partial charge in [0.05, 0.1) is 5.01 Å². The average Bonchev–Trinajstić information content (AvgIpc) is 2.83. The highest BCUT2D eigenvalue weighted by atomic mass is 32.1. The van der Waals surface area contributed by atoms with Crippen molar-refractivity contribution >= 4 is 11.3 Å². The molecule has 2 rings (SSSR count). The van der Waals surface area contributed by atoms with Crippen LogP contribution in [0.3, 0.4) is 0 Å². The smallest absolute Gasteiger partial charge is 0.0968 e. The molecule has 0 aliphatic rings. The fraction of sp³-hybridized carbons (Fsp3) is 0.357. The molecule has 1 unspecified atom stereocenters. The van der Waals surface area contributed by atoms with Crippen LogP contribution in [0.1, 0.15) is 36.0 Å². The van der Waals surface area contributed by atoms with Crippen LogP contribution in [-0.2, 0) is 6.42 Å². The average molecular weight is 246 g/mol. The summed E-state index contributed by atoms with van der Waals surface area (Å²) in [6, 6.07) is 9.01. The lowest BCUT2D eigenvalue weighted by atomic mass is 9.99. The molecule has 1 atom stereocenters. The van der Waals surface area contributed by atoms with Gasteiger partial charge >= 0.3 is 0 Å². The van der Waals surface area contributed by atoms with E-state index in [1.54, 1.807) is 11.3 Å². The Bertz CT molecular complexity index is 451. The maximum Gasteiger partial charge on any atom is 0.0968 e. The highest BCUT2D eigenvalue weighted by Crippen LogP contribution is 2.21. The van der Waals surface area contributed by atoms with Crippen LogP contribution in [0.15, 0.2) is 35.8 Å². The summed E-state index contributed by atoms with van der Waals surface area (Å²) >= 11 is 1.72. The molecule has 1 heterocycles. The first kappa shape index (κ1) is 12.3. The highest BCUT2D eigenvalue weighted by molar-refractivity contribution is 7.09. The Hall–Kier alpha value is -1.19. The Labute approximate surface area is 107 Å². The van der Waals surface area contributed by atoms with E-state index in [9.17, 15) is 0 Å². The minimum Gasteiger partial charge on any atom is -0.310 e. The number of benzene rings is 1. The van der Waals surface area contributed by atoms with Gasteiger partial charge in [-0.2, -0.15) is 0 Å². The number of nitrogens with one attached hydrogen (secondary N) is 1. The van der Waals surface area contributed by atoms with Crippen molar-refractivity contribution in [2.75, 3.05) is 6.54 Å². The number of nitrogens with zero attached hydrogens (tertiary/aromatic N) is 1. The summed E-state index contributed by atoms with van der Waals surface area (Å²) in [5.41, 5.74) is 2.75. The Morgan fingerprint density at radius 2 is 2.18 bits per heavy atom. The summed E-state index contributed by atoms with van der Waals surface area (Å²) in [4.78, 5) is 4.36. The Kier molecular flexibility index (Phi) is 4.29. The van der Waals surface area contributed by atoms with Gasteiger partial charge in [-0.3, -0.25) is 0 Å². The van der Waals surface area contributed by atoms with Crippen LogP contribution in [0.25, 0.3) is 0 Å². The van der Waals surface area contributed by atoms with Crippen LogP contribution in [-0.4, -0.2) is 11.5 Å². The van der Waals surface area contributed by atoms with E-state index in [-0.39, 0.29) is 0 Å². The van der Waals surface area contributed by atoms with Crippen molar-refractivity contribution in [3.05, 3.63) is 52.0 Å². The Morgan fingerprint density at radius 3 is 2.88 bits per heavy atom. The molecule has 0 aliphatic heterocycles. The molecule has 0 spiro atoms. The maximum atomic E-state index is 4.36. The van der Waals surface area contributed by atoms with Crippen molar-refractivity contribution in [1.82, 2.24) is 10.3 Å².